The predicted octanol–water partition coefficient (Wildman–Crippen LogP) is 3.53. The highest BCUT2D eigenvalue weighted by Crippen LogP contribution is 2.28. The van der Waals surface area contributed by atoms with Crippen molar-refractivity contribution in [2.45, 2.75) is 31.8 Å². The molecular formula is C18H21N3O2S. The van der Waals surface area contributed by atoms with E-state index in [-0.39, 0.29) is 5.91 Å². The zero-order valence-corrected chi connectivity index (χ0v) is 14.3. The molecule has 1 N–H and O–H groups in total. The number of benzene rings is 1. The Morgan fingerprint density at radius 2 is 2.17 bits per heavy atom. The zero-order chi connectivity index (χ0) is 16.4. The third kappa shape index (κ3) is 3.30. The van der Waals surface area contributed by atoms with Gasteiger partial charge in [-0.05, 0) is 31.4 Å². The summed E-state index contributed by atoms with van der Waals surface area (Å²) >= 11 is 1.62. The second-order valence-electron chi connectivity index (χ2n) is 6.25. The number of thiazole rings is 1. The number of anilines is 2. The van der Waals surface area contributed by atoms with Crippen LogP contribution in [0.25, 0.3) is 11.3 Å². The Labute approximate surface area is 145 Å². The van der Waals surface area contributed by atoms with Crippen LogP contribution in [0.2, 0.25) is 0 Å². The number of rotatable bonds is 5. The van der Waals surface area contributed by atoms with Gasteiger partial charge in [-0.25, -0.2) is 4.98 Å². The third-order valence-electron chi connectivity index (χ3n) is 4.56. The fourth-order valence-corrected chi connectivity index (χ4v) is 3.96. The summed E-state index contributed by atoms with van der Waals surface area (Å²) in [6.45, 7) is 2.52. The molecule has 1 amide bonds. The van der Waals surface area contributed by atoms with E-state index in [4.69, 9.17) is 4.74 Å². The van der Waals surface area contributed by atoms with E-state index in [9.17, 15) is 4.79 Å². The Kier molecular flexibility index (Phi) is 4.49. The van der Waals surface area contributed by atoms with E-state index < -0.39 is 0 Å². The van der Waals surface area contributed by atoms with Crippen LogP contribution in [0.4, 0.5) is 10.8 Å². The molecule has 24 heavy (non-hydrogen) atoms. The molecule has 0 unspecified atom stereocenters. The zero-order valence-electron chi connectivity index (χ0n) is 13.5. The Bertz CT molecular complexity index is 707. The largest absolute Gasteiger partial charge is 0.376 e. The first-order valence-corrected chi connectivity index (χ1v) is 9.39. The molecule has 0 radical (unpaired) electrons. The van der Waals surface area contributed by atoms with Gasteiger partial charge in [0, 0.05) is 42.7 Å². The van der Waals surface area contributed by atoms with Crippen LogP contribution in [0.3, 0.4) is 0 Å². The number of ether oxygens (including phenoxy) is 1. The van der Waals surface area contributed by atoms with Crippen LogP contribution >= 0.6 is 11.3 Å². The van der Waals surface area contributed by atoms with Crippen molar-refractivity contribution in [3.05, 3.63) is 29.6 Å². The Morgan fingerprint density at radius 3 is 2.88 bits per heavy atom. The molecule has 0 saturated carbocycles. The molecule has 0 bridgehead atoms. The monoisotopic (exact) mass is 343 g/mol. The molecule has 2 aliphatic heterocycles. The minimum Gasteiger partial charge on any atom is -0.376 e. The summed E-state index contributed by atoms with van der Waals surface area (Å²) in [5, 5.41) is 6.36. The average Bonchev–Trinajstić information content (AvgIpc) is 3.35. The van der Waals surface area contributed by atoms with E-state index in [1.165, 1.54) is 0 Å². The van der Waals surface area contributed by atoms with Crippen LogP contribution in [-0.4, -0.2) is 36.7 Å². The summed E-state index contributed by atoms with van der Waals surface area (Å²) in [4.78, 5) is 18.3. The fourth-order valence-electron chi connectivity index (χ4n) is 3.23. The van der Waals surface area contributed by atoms with Gasteiger partial charge in [0.1, 0.15) is 0 Å². The maximum Gasteiger partial charge on any atom is 0.227 e. The van der Waals surface area contributed by atoms with Gasteiger partial charge in [0.25, 0.3) is 0 Å². The molecule has 1 aromatic heterocycles. The first kappa shape index (κ1) is 15.6. The summed E-state index contributed by atoms with van der Waals surface area (Å²) in [5.74, 6) is 0.219. The van der Waals surface area contributed by atoms with Crippen molar-refractivity contribution in [2.75, 3.05) is 29.9 Å². The molecule has 126 valence electrons. The highest BCUT2D eigenvalue weighted by atomic mass is 32.1. The topological polar surface area (TPSA) is 54.5 Å². The van der Waals surface area contributed by atoms with Gasteiger partial charge in [0.15, 0.2) is 5.13 Å². The maximum atomic E-state index is 11.8. The normalized spacial score (nSPS) is 20.8. The summed E-state index contributed by atoms with van der Waals surface area (Å²) < 4.78 is 5.62. The number of carbonyl (C=O) groups excluding carboxylic acids is 1. The smallest absolute Gasteiger partial charge is 0.227 e. The molecule has 3 heterocycles. The molecule has 0 spiro atoms. The minimum atomic E-state index is 0.219. The lowest BCUT2D eigenvalue weighted by Crippen LogP contribution is -2.23. The quantitative estimate of drug-likeness (QED) is 0.902. The van der Waals surface area contributed by atoms with E-state index in [2.05, 4.69) is 15.7 Å². The van der Waals surface area contributed by atoms with E-state index >= 15 is 0 Å². The Balaban J connectivity index is 1.41. The summed E-state index contributed by atoms with van der Waals surface area (Å²) in [5.41, 5.74) is 3.02. The van der Waals surface area contributed by atoms with Crippen molar-refractivity contribution >= 4 is 28.1 Å². The third-order valence-corrected chi connectivity index (χ3v) is 5.36. The van der Waals surface area contributed by atoms with Crippen molar-refractivity contribution in [1.29, 1.82) is 0 Å². The highest BCUT2D eigenvalue weighted by Gasteiger charge is 2.21. The van der Waals surface area contributed by atoms with Gasteiger partial charge in [0.05, 0.1) is 11.8 Å². The van der Waals surface area contributed by atoms with Crippen molar-refractivity contribution < 1.29 is 9.53 Å². The second kappa shape index (κ2) is 6.91. The van der Waals surface area contributed by atoms with Crippen LogP contribution < -0.4 is 10.2 Å². The Morgan fingerprint density at radius 1 is 1.29 bits per heavy atom. The summed E-state index contributed by atoms with van der Waals surface area (Å²) in [6, 6.07) is 8.11. The van der Waals surface area contributed by atoms with Gasteiger partial charge < -0.3 is 15.0 Å². The van der Waals surface area contributed by atoms with Gasteiger partial charge in [-0.3, -0.25) is 4.79 Å². The van der Waals surface area contributed by atoms with Crippen molar-refractivity contribution in [3.63, 3.8) is 0 Å². The summed E-state index contributed by atoms with van der Waals surface area (Å²) in [7, 11) is 0. The molecule has 2 aliphatic rings. The maximum absolute atomic E-state index is 11.8. The molecule has 2 fully saturated rings. The van der Waals surface area contributed by atoms with Gasteiger partial charge in [-0.15, -0.1) is 11.3 Å². The molecular weight excluding hydrogens is 322 g/mol. The number of carbonyl (C=O) groups is 1. The molecule has 2 aromatic rings. The summed E-state index contributed by atoms with van der Waals surface area (Å²) in [6.07, 6.45) is 4.21. The predicted molar refractivity (Wildman–Crippen MR) is 96.6 cm³/mol. The lowest BCUT2D eigenvalue weighted by Gasteiger charge is -2.15. The molecule has 1 atom stereocenters. The number of amides is 1. The van der Waals surface area contributed by atoms with Gasteiger partial charge >= 0.3 is 0 Å². The van der Waals surface area contributed by atoms with Crippen LogP contribution in [-0.2, 0) is 9.53 Å². The van der Waals surface area contributed by atoms with E-state index in [1.807, 2.05) is 29.2 Å². The SMILES string of the molecule is O=C1CCCN1c1ccc(-c2csc(NC[C@H]3CCCO3)n2)cc1. The molecule has 0 aliphatic carbocycles. The number of aromatic nitrogens is 1. The fraction of sp³-hybridized carbons (Fsp3) is 0.444. The van der Waals surface area contributed by atoms with E-state index in [0.29, 0.717) is 12.5 Å². The van der Waals surface area contributed by atoms with Crippen molar-refractivity contribution in [1.82, 2.24) is 4.98 Å². The van der Waals surface area contributed by atoms with Crippen molar-refractivity contribution in [3.8, 4) is 11.3 Å². The molecule has 2 saturated heterocycles. The number of hydrogen-bond donors (Lipinski definition) is 1. The van der Waals surface area contributed by atoms with Crippen LogP contribution in [0.1, 0.15) is 25.7 Å². The standard InChI is InChI=1S/C18H21N3O2S/c22-17-4-1-9-21(17)14-7-5-13(6-8-14)16-12-24-18(20-16)19-11-15-3-2-10-23-15/h5-8,12,15H,1-4,9-11H2,(H,19,20)/t15-/m1/s1. The minimum absolute atomic E-state index is 0.219. The molecule has 4 rings (SSSR count). The molecule has 6 heteroatoms. The van der Waals surface area contributed by atoms with Gasteiger partial charge in [0.2, 0.25) is 5.91 Å². The number of nitrogens with zero attached hydrogens (tertiary/aromatic N) is 2. The van der Waals surface area contributed by atoms with Crippen LogP contribution in [0.5, 0.6) is 0 Å². The highest BCUT2D eigenvalue weighted by molar-refractivity contribution is 7.14. The lowest BCUT2D eigenvalue weighted by atomic mass is 10.1. The number of hydrogen-bond acceptors (Lipinski definition) is 5. The van der Waals surface area contributed by atoms with Gasteiger partial charge in [-0.2, -0.15) is 0 Å². The number of nitrogens with one attached hydrogen (secondary N) is 1. The van der Waals surface area contributed by atoms with E-state index in [1.54, 1.807) is 11.3 Å². The lowest BCUT2D eigenvalue weighted by molar-refractivity contribution is -0.117. The van der Waals surface area contributed by atoms with Gasteiger partial charge in [-0.1, -0.05) is 12.1 Å². The average molecular weight is 343 g/mol. The van der Waals surface area contributed by atoms with Crippen LogP contribution in [0.15, 0.2) is 29.6 Å². The first-order chi connectivity index (χ1) is 11.8. The Hall–Kier alpha value is -1.92. The van der Waals surface area contributed by atoms with Crippen molar-refractivity contribution in [2.24, 2.45) is 0 Å². The van der Waals surface area contributed by atoms with E-state index in [0.717, 1.165) is 61.0 Å². The molecule has 5 nitrogen and oxygen atoms in total. The van der Waals surface area contributed by atoms with Crippen LogP contribution in [0, 0.1) is 0 Å². The first-order valence-electron chi connectivity index (χ1n) is 8.51. The second-order valence-corrected chi connectivity index (χ2v) is 7.11. The molecule has 1 aromatic carbocycles.